The highest BCUT2D eigenvalue weighted by molar-refractivity contribution is 8.02. The van der Waals surface area contributed by atoms with E-state index in [0.717, 1.165) is 10.6 Å². The lowest BCUT2D eigenvalue weighted by Crippen LogP contribution is -2.12. The molecule has 2 N–H and O–H groups in total. The Labute approximate surface area is 90.8 Å². The minimum Gasteiger partial charge on any atom is -0.408 e. The van der Waals surface area contributed by atoms with E-state index in [1.54, 1.807) is 5.41 Å². The maximum absolute atomic E-state index is 10.5. The molecular weight excluding hydrogens is 212 g/mol. The van der Waals surface area contributed by atoms with Gasteiger partial charge in [-0.2, -0.15) is 0 Å². The van der Waals surface area contributed by atoms with Crippen molar-refractivity contribution in [2.75, 3.05) is 0 Å². The van der Waals surface area contributed by atoms with Gasteiger partial charge < -0.3 is 10.5 Å². The maximum atomic E-state index is 10.5. The summed E-state index contributed by atoms with van der Waals surface area (Å²) in [6.07, 6.45) is 0.642. The molecule has 76 valence electrons. The van der Waals surface area contributed by atoms with Crippen molar-refractivity contribution in [1.82, 2.24) is 0 Å². The SMILES string of the molecule is NC(=O)OC1=CSc2ccccc2N=C1. The molecule has 0 spiro atoms. The number of hydrogen-bond donors (Lipinski definition) is 1. The van der Waals surface area contributed by atoms with Crippen molar-refractivity contribution >= 4 is 29.8 Å². The summed E-state index contributed by atoms with van der Waals surface area (Å²) in [5.74, 6) is 0.351. The highest BCUT2D eigenvalue weighted by Crippen LogP contribution is 2.32. The molecule has 0 aliphatic carbocycles. The molecule has 15 heavy (non-hydrogen) atoms. The maximum Gasteiger partial charge on any atom is 0.410 e. The van der Waals surface area contributed by atoms with Crippen LogP contribution < -0.4 is 5.73 Å². The van der Waals surface area contributed by atoms with Crippen LogP contribution in [0.5, 0.6) is 0 Å². The summed E-state index contributed by atoms with van der Waals surface area (Å²) >= 11 is 1.44. The molecule has 1 amide bonds. The first-order valence-electron chi connectivity index (χ1n) is 4.23. The normalized spacial score (nSPS) is 13.7. The molecule has 0 radical (unpaired) electrons. The Bertz CT molecular complexity index is 454. The molecule has 2 rings (SSSR count). The zero-order valence-electron chi connectivity index (χ0n) is 7.71. The Morgan fingerprint density at radius 1 is 1.40 bits per heavy atom. The second-order valence-corrected chi connectivity index (χ2v) is 3.70. The molecule has 0 aromatic heterocycles. The van der Waals surface area contributed by atoms with Gasteiger partial charge in [-0.3, -0.25) is 4.99 Å². The Morgan fingerprint density at radius 2 is 2.20 bits per heavy atom. The predicted octanol–water partition coefficient (Wildman–Crippen LogP) is 2.43. The first kappa shape index (κ1) is 9.79. The number of thioether (sulfide) groups is 1. The predicted molar refractivity (Wildman–Crippen MR) is 59.2 cm³/mol. The third-order valence-electron chi connectivity index (χ3n) is 1.72. The van der Waals surface area contributed by atoms with E-state index in [9.17, 15) is 4.79 Å². The number of allylic oxidation sites excluding steroid dienone is 1. The minimum absolute atomic E-state index is 0.351. The number of nitrogens with two attached hydrogens (primary N) is 1. The van der Waals surface area contributed by atoms with Gasteiger partial charge in [-0.1, -0.05) is 23.9 Å². The van der Waals surface area contributed by atoms with Crippen LogP contribution in [0.4, 0.5) is 10.5 Å². The highest BCUT2D eigenvalue weighted by atomic mass is 32.2. The number of carbonyl (C=O) groups is 1. The highest BCUT2D eigenvalue weighted by Gasteiger charge is 2.07. The van der Waals surface area contributed by atoms with Gasteiger partial charge in [0.25, 0.3) is 0 Å². The first-order valence-corrected chi connectivity index (χ1v) is 5.11. The molecular formula is C10H8N2O2S. The lowest BCUT2D eigenvalue weighted by molar-refractivity contribution is 0.192. The summed E-state index contributed by atoms with van der Waals surface area (Å²) < 4.78 is 4.73. The van der Waals surface area contributed by atoms with E-state index in [1.165, 1.54) is 18.0 Å². The number of hydrogen-bond acceptors (Lipinski definition) is 4. The van der Waals surface area contributed by atoms with E-state index in [-0.39, 0.29) is 0 Å². The van der Waals surface area contributed by atoms with Crippen molar-refractivity contribution in [2.45, 2.75) is 4.90 Å². The van der Waals surface area contributed by atoms with Crippen molar-refractivity contribution in [3.8, 4) is 0 Å². The lowest BCUT2D eigenvalue weighted by atomic mass is 10.3. The fraction of sp³-hybridized carbons (Fsp3) is 0. The van der Waals surface area contributed by atoms with Crippen molar-refractivity contribution in [3.63, 3.8) is 0 Å². The number of rotatable bonds is 1. The molecule has 1 heterocycles. The number of benzene rings is 1. The summed E-state index contributed by atoms with van der Waals surface area (Å²) in [6, 6.07) is 7.66. The quantitative estimate of drug-likeness (QED) is 0.790. The second kappa shape index (κ2) is 4.18. The second-order valence-electron chi connectivity index (χ2n) is 2.79. The van der Waals surface area contributed by atoms with Gasteiger partial charge in [-0.15, -0.1) is 0 Å². The average Bonchev–Trinajstić information content (AvgIpc) is 2.41. The molecule has 4 nitrogen and oxygen atoms in total. The van der Waals surface area contributed by atoms with E-state index >= 15 is 0 Å². The Hall–Kier alpha value is -1.75. The number of ether oxygens (including phenoxy) is 1. The summed E-state index contributed by atoms with van der Waals surface area (Å²) in [7, 11) is 0. The number of aliphatic imine (C=N–C) groups is 1. The third kappa shape index (κ3) is 2.38. The number of nitrogens with zero attached hydrogens (tertiary/aromatic N) is 1. The van der Waals surface area contributed by atoms with Gasteiger partial charge in [-0.25, -0.2) is 4.79 Å². The Kier molecular flexibility index (Phi) is 2.73. The van der Waals surface area contributed by atoms with Crippen LogP contribution in [0.2, 0.25) is 0 Å². The van der Waals surface area contributed by atoms with Crippen LogP contribution in [0.25, 0.3) is 0 Å². The van der Waals surface area contributed by atoms with Gasteiger partial charge in [0.05, 0.1) is 11.9 Å². The molecule has 1 aliphatic rings. The van der Waals surface area contributed by atoms with Crippen LogP contribution >= 0.6 is 11.8 Å². The van der Waals surface area contributed by atoms with Gasteiger partial charge >= 0.3 is 6.09 Å². The van der Waals surface area contributed by atoms with Crippen LogP contribution in [0.1, 0.15) is 0 Å². The van der Waals surface area contributed by atoms with Crippen molar-refractivity contribution in [2.24, 2.45) is 10.7 Å². The fourth-order valence-corrected chi connectivity index (χ4v) is 1.87. The van der Waals surface area contributed by atoms with E-state index in [0.29, 0.717) is 5.76 Å². The van der Waals surface area contributed by atoms with E-state index in [1.807, 2.05) is 24.3 Å². The number of carbonyl (C=O) groups excluding carboxylic acids is 1. The number of para-hydroxylation sites is 1. The van der Waals surface area contributed by atoms with Crippen LogP contribution in [0.15, 0.2) is 45.3 Å². The largest absolute Gasteiger partial charge is 0.410 e. The van der Waals surface area contributed by atoms with Crippen LogP contribution in [-0.4, -0.2) is 12.3 Å². The zero-order valence-corrected chi connectivity index (χ0v) is 8.53. The van der Waals surface area contributed by atoms with Gasteiger partial charge in [0.1, 0.15) is 0 Å². The summed E-state index contributed by atoms with van der Waals surface area (Å²) in [6.45, 7) is 0. The Balaban J connectivity index is 2.25. The molecule has 1 aromatic carbocycles. The van der Waals surface area contributed by atoms with Gasteiger partial charge in [0.15, 0.2) is 5.76 Å². The summed E-state index contributed by atoms with van der Waals surface area (Å²) in [5.41, 5.74) is 5.76. The number of primary amides is 1. The summed E-state index contributed by atoms with van der Waals surface area (Å²) in [4.78, 5) is 15.7. The smallest absolute Gasteiger partial charge is 0.408 e. The monoisotopic (exact) mass is 220 g/mol. The fourth-order valence-electron chi connectivity index (χ4n) is 1.12. The van der Waals surface area contributed by atoms with Crippen molar-refractivity contribution < 1.29 is 9.53 Å². The molecule has 0 bridgehead atoms. The third-order valence-corrected chi connectivity index (χ3v) is 2.67. The van der Waals surface area contributed by atoms with Crippen LogP contribution in [-0.2, 0) is 4.74 Å². The molecule has 0 unspecified atom stereocenters. The standard InChI is InChI=1S/C10H8N2O2S/c11-10(13)14-7-5-12-8-3-1-2-4-9(8)15-6-7/h1-6H,(H2,11,13). The first-order chi connectivity index (χ1) is 7.25. The van der Waals surface area contributed by atoms with Crippen molar-refractivity contribution in [3.05, 3.63) is 35.4 Å². The lowest BCUT2D eigenvalue weighted by Gasteiger charge is -1.98. The number of fused-ring (bicyclic) bond motifs is 1. The number of amides is 1. The van der Waals surface area contributed by atoms with Gasteiger partial charge in [-0.05, 0) is 12.1 Å². The van der Waals surface area contributed by atoms with E-state index in [2.05, 4.69) is 4.99 Å². The van der Waals surface area contributed by atoms with Gasteiger partial charge in [0, 0.05) is 10.3 Å². The Morgan fingerprint density at radius 3 is 3.00 bits per heavy atom. The molecule has 5 heteroatoms. The molecule has 1 aromatic rings. The minimum atomic E-state index is -0.834. The van der Waals surface area contributed by atoms with E-state index < -0.39 is 6.09 Å². The van der Waals surface area contributed by atoms with Crippen LogP contribution in [0.3, 0.4) is 0 Å². The molecule has 0 saturated carbocycles. The van der Waals surface area contributed by atoms with Gasteiger partial charge in [0.2, 0.25) is 0 Å². The molecule has 1 aliphatic heterocycles. The summed E-state index contributed by atoms with van der Waals surface area (Å²) in [5, 5.41) is 1.69. The van der Waals surface area contributed by atoms with E-state index in [4.69, 9.17) is 10.5 Å². The van der Waals surface area contributed by atoms with Crippen LogP contribution in [0, 0.1) is 0 Å². The molecule has 0 fully saturated rings. The topological polar surface area (TPSA) is 64.7 Å². The average molecular weight is 220 g/mol. The molecule has 0 saturated heterocycles. The van der Waals surface area contributed by atoms with Crippen molar-refractivity contribution in [1.29, 1.82) is 0 Å². The zero-order chi connectivity index (χ0) is 10.7. The molecule has 0 atom stereocenters.